The molecule has 0 aromatic heterocycles. The van der Waals surface area contributed by atoms with Crippen LogP contribution in [0.1, 0.15) is 12.8 Å². The maximum Gasteiger partial charge on any atom is 0.119 e. The molecular weight excluding hydrogens is 246 g/mol. The zero-order chi connectivity index (χ0) is 12.6. The van der Waals surface area contributed by atoms with E-state index in [0.29, 0.717) is 6.04 Å². The van der Waals surface area contributed by atoms with Crippen molar-refractivity contribution in [1.29, 1.82) is 0 Å². The molecule has 1 aromatic carbocycles. The largest absolute Gasteiger partial charge is 0.492 e. The lowest BCUT2D eigenvalue weighted by molar-refractivity contribution is 0.0770. The van der Waals surface area contributed by atoms with Gasteiger partial charge in [0.25, 0.3) is 0 Å². The molecule has 1 aromatic rings. The highest BCUT2D eigenvalue weighted by atomic mass is 32.2. The number of hydrogen-bond acceptors (Lipinski definition) is 4. The summed E-state index contributed by atoms with van der Waals surface area (Å²) in [6.07, 6.45) is 4.30. The topological polar surface area (TPSA) is 30.5 Å². The van der Waals surface area contributed by atoms with Crippen LogP contribution in [0.3, 0.4) is 0 Å². The Bertz CT molecular complexity index is 336. The van der Waals surface area contributed by atoms with Crippen LogP contribution < -0.4 is 10.1 Å². The van der Waals surface area contributed by atoms with Gasteiger partial charge in [0, 0.05) is 30.7 Å². The molecule has 0 atom stereocenters. The Morgan fingerprint density at radius 3 is 2.67 bits per heavy atom. The van der Waals surface area contributed by atoms with E-state index in [1.54, 1.807) is 11.8 Å². The van der Waals surface area contributed by atoms with Crippen LogP contribution in [0.2, 0.25) is 0 Å². The van der Waals surface area contributed by atoms with Crippen molar-refractivity contribution in [2.24, 2.45) is 0 Å². The monoisotopic (exact) mass is 267 g/mol. The molecule has 3 nitrogen and oxygen atoms in total. The van der Waals surface area contributed by atoms with Crippen molar-refractivity contribution in [2.75, 3.05) is 32.6 Å². The fraction of sp³-hybridized carbons (Fsp3) is 0.571. The van der Waals surface area contributed by atoms with Crippen LogP contribution in [0.4, 0.5) is 0 Å². The molecule has 1 saturated heterocycles. The molecule has 1 aliphatic heterocycles. The van der Waals surface area contributed by atoms with Gasteiger partial charge in [-0.05, 0) is 43.4 Å². The van der Waals surface area contributed by atoms with Crippen molar-refractivity contribution in [3.05, 3.63) is 24.3 Å². The molecular formula is C14H21NO2S. The van der Waals surface area contributed by atoms with Gasteiger partial charge < -0.3 is 14.8 Å². The second-order valence-corrected chi connectivity index (χ2v) is 5.24. The molecule has 0 saturated carbocycles. The molecule has 0 aliphatic carbocycles. The Balaban J connectivity index is 1.62. The lowest BCUT2D eigenvalue weighted by atomic mass is 10.1. The van der Waals surface area contributed by atoms with Crippen molar-refractivity contribution in [1.82, 2.24) is 5.32 Å². The van der Waals surface area contributed by atoms with E-state index >= 15 is 0 Å². The summed E-state index contributed by atoms with van der Waals surface area (Å²) >= 11 is 1.74. The van der Waals surface area contributed by atoms with Crippen molar-refractivity contribution in [2.45, 2.75) is 23.8 Å². The van der Waals surface area contributed by atoms with Crippen molar-refractivity contribution in [3.8, 4) is 5.75 Å². The predicted molar refractivity (Wildman–Crippen MR) is 75.6 cm³/mol. The minimum Gasteiger partial charge on any atom is -0.492 e. The summed E-state index contributed by atoms with van der Waals surface area (Å²) in [6, 6.07) is 8.83. The van der Waals surface area contributed by atoms with Crippen LogP contribution in [-0.4, -0.2) is 38.7 Å². The summed E-state index contributed by atoms with van der Waals surface area (Å²) in [5.41, 5.74) is 0. The molecule has 100 valence electrons. The third-order valence-electron chi connectivity index (χ3n) is 3.08. The van der Waals surface area contributed by atoms with Gasteiger partial charge >= 0.3 is 0 Å². The molecule has 1 heterocycles. The zero-order valence-electron chi connectivity index (χ0n) is 10.9. The molecule has 1 aliphatic rings. The third-order valence-corrected chi connectivity index (χ3v) is 3.83. The van der Waals surface area contributed by atoms with Crippen molar-refractivity contribution in [3.63, 3.8) is 0 Å². The Morgan fingerprint density at radius 1 is 1.28 bits per heavy atom. The average molecular weight is 267 g/mol. The SMILES string of the molecule is CSc1ccc(OCCNC2CCOCC2)cc1. The first-order chi connectivity index (χ1) is 8.88. The van der Waals surface area contributed by atoms with E-state index in [0.717, 1.165) is 45.0 Å². The van der Waals surface area contributed by atoms with Gasteiger partial charge in [0.05, 0.1) is 0 Å². The first-order valence-corrected chi connectivity index (χ1v) is 7.69. The normalized spacial score (nSPS) is 16.7. The van der Waals surface area contributed by atoms with Crippen LogP contribution in [-0.2, 0) is 4.74 Å². The summed E-state index contributed by atoms with van der Waals surface area (Å²) in [6.45, 7) is 3.38. The fourth-order valence-corrected chi connectivity index (χ4v) is 2.41. The van der Waals surface area contributed by atoms with E-state index < -0.39 is 0 Å². The number of thioether (sulfide) groups is 1. The Morgan fingerprint density at radius 2 is 2.00 bits per heavy atom. The van der Waals surface area contributed by atoms with Gasteiger partial charge in [0.1, 0.15) is 12.4 Å². The van der Waals surface area contributed by atoms with Crippen LogP contribution in [0.5, 0.6) is 5.75 Å². The van der Waals surface area contributed by atoms with Gasteiger partial charge in [-0.15, -0.1) is 11.8 Å². The van der Waals surface area contributed by atoms with Crippen LogP contribution in [0, 0.1) is 0 Å². The Hall–Kier alpha value is -0.710. The standard InChI is InChI=1S/C14H21NO2S/c1-18-14-4-2-13(3-5-14)17-11-8-15-12-6-9-16-10-7-12/h2-5,12,15H,6-11H2,1H3. The molecule has 0 spiro atoms. The number of benzene rings is 1. The van der Waals surface area contributed by atoms with Gasteiger partial charge in [-0.2, -0.15) is 0 Å². The summed E-state index contributed by atoms with van der Waals surface area (Å²) in [4.78, 5) is 1.27. The second-order valence-electron chi connectivity index (χ2n) is 4.36. The van der Waals surface area contributed by atoms with Gasteiger partial charge in [-0.25, -0.2) is 0 Å². The Kier molecular flexibility index (Phi) is 5.84. The molecule has 0 amide bonds. The van der Waals surface area contributed by atoms with E-state index in [2.05, 4.69) is 23.7 Å². The molecule has 1 N–H and O–H groups in total. The van der Waals surface area contributed by atoms with E-state index in [9.17, 15) is 0 Å². The average Bonchev–Trinajstić information content (AvgIpc) is 2.45. The van der Waals surface area contributed by atoms with Gasteiger partial charge in [-0.1, -0.05) is 0 Å². The number of nitrogens with one attached hydrogen (secondary N) is 1. The summed E-state index contributed by atoms with van der Waals surface area (Å²) < 4.78 is 11.0. The van der Waals surface area contributed by atoms with E-state index in [-0.39, 0.29) is 0 Å². The Labute approximate surface area is 113 Å². The van der Waals surface area contributed by atoms with Gasteiger partial charge in [-0.3, -0.25) is 0 Å². The maximum atomic E-state index is 5.69. The third kappa shape index (κ3) is 4.52. The van der Waals surface area contributed by atoms with E-state index in [1.807, 2.05) is 12.1 Å². The minimum absolute atomic E-state index is 0.598. The van der Waals surface area contributed by atoms with Crippen LogP contribution >= 0.6 is 11.8 Å². The zero-order valence-corrected chi connectivity index (χ0v) is 11.7. The molecule has 4 heteroatoms. The molecule has 1 fully saturated rings. The molecule has 0 bridgehead atoms. The van der Waals surface area contributed by atoms with Crippen LogP contribution in [0.15, 0.2) is 29.2 Å². The predicted octanol–water partition coefficient (Wildman–Crippen LogP) is 2.56. The lowest BCUT2D eigenvalue weighted by Gasteiger charge is -2.23. The van der Waals surface area contributed by atoms with E-state index in [4.69, 9.17) is 9.47 Å². The smallest absolute Gasteiger partial charge is 0.119 e. The summed E-state index contributed by atoms with van der Waals surface area (Å²) in [7, 11) is 0. The van der Waals surface area contributed by atoms with Crippen molar-refractivity contribution >= 4 is 11.8 Å². The molecule has 18 heavy (non-hydrogen) atoms. The fourth-order valence-electron chi connectivity index (χ4n) is 2.01. The second kappa shape index (κ2) is 7.67. The maximum absolute atomic E-state index is 5.69. The minimum atomic E-state index is 0.598. The first kappa shape index (κ1) is 13.7. The summed E-state index contributed by atoms with van der Waals surface area (Å²) in [5.74, 6) is 0.946. The summed E-state index contributed by atoms with van der Waals surface area (Å²) in [5, 5.41) is 3.51. The lowest BCUT2D eigenvalue weighted by Crippen LogP contribution is -2.37. The number of ether oxygens (including phenoxy) is 2. The molecule has 0 unspecified atom stereocenters. The highest BCUT2D eigenvalue weighted by molar-refractivity contribution is 7.98. The highest BCUT2D eigenvalue weighted by Gasteiger charge is 2.12. The first-order valence-electron chi connectivity index (χ1n) is 6.46. The number of rotatable bonds is 6. The van der Waals surface area contributed by atoms with Gasteiger partial charge in [0.15, 0.2) is 0 Å². The molecule has 2 rings (SSSR count). The van der Waals surface area contributed by atoms with Gasteiger partial charge in [0.2, 0.25) is 0 Å². The number of hydrogen-bond donors (Lipinski definition) is 1. The van der Waals surface area contributed by atoms with Crippen molar-refractivity contribution < 1.29 is 9.47 Å². The van der Waals surface area contributed by atoms with E-state index in [1.165, 1.54) is 4.90 Å². The molecule has 0 radical (unpaired) electrons. The highest BCUT2D eigenvalue weighted by Crippen LogP contribution is 2.18. The van der Waals surface area contributed by atoms with Crippen LogP contribution in [0.25, 0.3) is 0 Å². The quantitative estimate of drug-likeness (QED) is 0.634.